The first-order valence-electron chi connectivity index (χ1n) is 5.50. The van der Waals surface area contributed by atoms with Crippen LogP contribution in [0.2, 0.25) is 0 Å². The molecule has 0 radical (unpaired) electrons. The molecule has 2 rings (SSSR count). The largest absolute Gasteiger partial charge is 0.451 e. The van der Waals surface area contributed by atoms with Crippen molar-refractivity contribution in [2.75, 3.05) is 6.61 Å². The molecule has 0 unspecified atom stereocenters. The normalized spacial score (nSPS) is 10.5. The Kier molecular flexibility index (Phi) is 4.21. The average molecular weight is 343 g/mol. The van der Waals surface area contributed by atoms with Crippen molar-refractivity contribution in [3.05, 3.63) is 43.9 Å². The molecule has 0 saturated heterocycles. The molecule has 0 aliphatic carbocycles. The van der Waals surface area contributed by atoms with Gasteiger partial charge in [-0.3, -0.25) is 4.79 Å². The highest BCUT2D eigenvalue weighted by molar-refractivity contribution is 9.10. The van der Waals surface area contributed by atoms with Gasteiger partial charge in [0.1, 0.15) is 0 Å². The van der Waals surface area contributed by atoms with E-state index in [1.807, 2.05) is 13.8 Å². The Morgan fingerprint density at radius 1 is 1.37 bits per heavy atom. The van der Waals surface area contributed by atoms with Gasteiger partial charge in [0.15, 0.2) is 11.3 Å². The lowest BCUT2D eigenvalue weighted by Crippen LogP contribution is -2.14. The molecule has 0 N–H and O–H groups in total. The van der Waals surface area contributed by atoms with Crippen LogP contribution in [0.25, 0.3) is 0 Å². The van der Waals surface area contributed by atoms with Crippen LogP contribution in [0.3, 0.4) is 0 Å². The molecule has 2 aromatic heterocycles. The van der Waals surface area contributed by atoms with Crippen LogP contribution in [0.15, 0.2) is 27.3 Å². The van der Waals surface area contributed by atoms with E-state index in [9.17, 15) is 9.59 Å². The van der Waals surface area contributed by atoms with Crippen LogP contribution in [-0.2, 0) is 4.74 Å². The van der Waals surface area contributed by atoms with Gasteiger partial charge in [0, 0.05) is 15.3 Å². The topological polar surface area (TPSA) is 56.5 Å². The number of halogens is 1. The minimum absolute atomic E-state index is 0.0675. The van der Waals surface area contributed by atoms with Gasteiger partial charge < -0.3 is 9.15 Å². The fourth-order valence-electron chi connectivity index (χ4n) is 1.61. The van der Waals surface area contributed by atoms with Crippen LogP contribution in [0.4, 0.5) is 0 Å². The van der Waals surface area contributed by atoms with Crippen LogP contribution in [0.1, 0.15) is 30.7 Å². The van der Waals surface area contributed by atoms with E-state index in [4.69, 9.17) is 9.15 Å². The molecule has 2 heterocycles. The molecule has 0 spiro atoms. The third-order valence-electron chi connectivity index (χ3n) is 2.45. The van der Waals surface area contributed by atoms with Gasteiger partial charge in [0.2, 0.25) is 11.5 Å². The van der Waals surface area contributed by atoms with Gasteiger partial charge in [-0.05, 0) is 48.0 Å². The number of carbonyl (C=O) groups is 2. The number of ketones is 1. The Morgan fingerprint density at radius 2 is 2.11 bits per heavy atom. The first-order chi connectivity index (χ1) is 8.97. The minimum Gasteiger partial charge on any atom is -0.451 e. The van der Waals surface area contributed by atoms with E-state index < -0.39 is 5.97 Å². The zero-order valence-electron chi connectivity index (χ0n) is 10.4. The van der Waals surface area contributed by atoms with Gasteiger partial charge in [0.25, 0.3) is 0 Å². The highest BCUT2D eigenvalue weighted by atomic mass is 79.9. The summed E-state index contributed by atoms with van der Waals surface area (Å²) in [5, 5.41) is 0. The molecule has 0 fully saturated rings. The molecule has 4 nitrogen and oxygen atoms in total. The van der Waals surface area contributed by atoms with Crippen molar-refractivity contribution in [1.82, 2.24) is 0 Å². The first kappa shape index (κ1) is 14.0. The molecular weight excluding hydrogens is 332 g/mol. The number of rotatable bonds is 4. The molecule has 0 aromatic carbocycles. The molecule has 0 amide bonds. The maximum Gasteiger partial charge on any atom is 0.374 e. The molecule has 0 bridgehead atoms. The standard InChI is InChI=1S/C13H11BrO4S/c1-7-5-9(8(2)19-7)10(15)6-17-13(16)11-3-4-12(14)18-11/h3-5H,6H2,1-2H3. The number of ether oxygens (including phenoxy) is 1. The smallest absolute Gasteiger partial charge is 0.374 e. The third-order valence-corrected chi connectivity index (χ3v) is 3.84. The second-order valence-corrected chi connectivity index (χ2v) is 6.17. The third kappa shape index (κ3) is 3.33. The highest BCUT2D eigenvalue weighted by Crippen LogP contribution is 2.21. The predicted molar refractivity (Wildman–Crippen MR) is 74.8 cm³/mol. The molecule has 0 aliphatic heterocycles. The molecular formula is C13H11BrO4S. The van der Waals surface area contributed by atoms with E-state index >= 15 is 0 Å². The Bertz CT molecular complexity index is 626. The Balaban J connectivity index is 1.97. The Hall–Kier alpha value is -1.40. The number of hydrogen-bond acceptors (Lipinski definition) is 5. The predicted octanol–water partition coefficient (Wildman–Crippen LogP) is 3.76. The number of hydrogen-bond donors (Lipinski definition) is 0. The van der Waals surface area contributed by atoms with Crippen molar-refractivity contribution in [1.29, 1.82) is 0 Å². The van der Waals surface area contributed by atoms with Crippen molar-refractivity contribution in [2.24, 2.45) is 0 Å². The maximum atomic E-state index is 11.9. The summed E-state index contributed by atoms with van der Waals surface area (Å²) in [6.45, 7) is 3.52. The second-order valence-electron chi connectivity index (χ2n) is 3.93. The van der Waals surface area contributed by atoms with Crippen LogP contribution in [-0.4, -0.2) is 18.4 Å². The van der Waals surface area contributed by atoms with Crippen molar-refractivity contribution in [3.8, 4) is 0 Å². The number of carbonyl (C=O) groups excluding carboxylic acids is 2. The fourth-order valence-corrected chi connectivity index (χ4v) is 2.86. The van der Waals surface area contributed by atoms with Crippen molar-refractivity contribution in [3.63, 3.8) is 0 Å². The monoisotopic (exact) mass is 342 g/mol. The number of thiophene rings is 1. The number of aryl methyl sites for hydroxylation is 2. The van der Waals surface area contributed by atoms with Crippen LogP contribution in [0.5, 0.6) is 0 Å². The van der Waals surface area contributed by atoms with E-state index in [-0.39, 0.29) is 18.2 Å². The van der Waals surface area contributed by atoms with Gasteiger partial charge in [-0.2, -0.15) is 0 Å². The molecule has 100 valence electrons. The van der Waals surface area contributed by atoms with Crippen LogP contribution < -0.4 is 0 Å². The number of esters is 1. The van der Waals surface area contributed by atoms with Gasteiger partial charge in [-0.1, -0.05) is 0 Å². The molecule has 0 aliphatic rings. The lowest BCUT2D eigenvalue weighted by atomic mass is 10.2. The zero-order chi connectivity index (χ0) is 14.0. The van der Waals surface area contributed by atoms with Gasteiger partial charge in [0.05, 0.1) is 0 Å². The summed E-state index contributed by atoms with van der Waals surface area (Å²) < 4.78 is 10.4. The Labute approximate surface area is 122 Å². The minimum atomic E-state index is -0.649. The summed E-state index contributed by atoms with van der Waals surface area (Å²) in [6.07, 6.45) is 0. The van der Waals surface area contributed by atoms with Gasteiger partial charge in [-0.15, -0.1) is 11.3 Å². The second kappa shape index (κ2) is 5.71. The van der Waals surface area contributed by atoms with E-state index in [0.29, 0.717) is 10.2 Å². The fraction of sp³-hybridized carbons (Fsp3) is 0.231. The highest BCUT2D eigenvalue weighted by Gasteiger charge is 2.17. The van der Waals surface area contributed by atoms with Crippen molar-refractivity contribution >= 4 is 39.0 Å². The summed E-state index contributed by atoms with van der Waals surface area (Å²) in [7, 11) is 0. The zero-order valence-corrected chi connectivity index (χ0v) is 12.8. The number of furan rings is 1. The Morgan fingerprint density at radius 3 is 2.63 bits per heavy atom. The summed E-state index contributed by atoms with van der Waals surface area (Å²) in [6, 6.07) is 4.88. The summed E-state index contributed by atoms with van der Waals surface area (Å²) in [5.41, 5.74) is 0.607. The maximum absolute atomic E-state index is 11.9. The molecule has 6 heteroatoms. The quantitative estimate of drug-likeness (QED) is 0.627. The van der Waals surface area contributed by atoms with Gasteiger partial charge in [-0.25, -0.2) is 4.79 Å². The molecule has 0 atom stereocenters. The molecule has 0 saturated carbocycles. The lowest BCUT2D eigenvalue weighted by Gasteiger charge is -2.01. The van der Waals surface area contributed by atoms with Crippen molar-refractivity contribution < 1.29 is 18.7 Å². The summed E-state index contributed by atoms with van der Waals surface area (Å²) in [5.74, 6) is -0.789. The first-order valence-corrected chi connectivity index (χ1v) is 7.11. The van der Waals surface area contributed by atoms with Crippen LogP contribution >= 0.6 is 27.3 Å². The number of Topliss-reactive ketones (excluding diaryl/α,β-unsaturated/α-hetero) is 1. The average Bonchev–Trinajstić information content (AvgIpc) is 2.92. The van der Waals surface area contributed by atoms with E-state index in [1.165, 1.54) is 6.07 Å². The SMILES string of the molecule is Cc1cc(C(=O)COC(=O)c2ccc(Br)o2)c(C)s1. The van der Waals surface area contributed by atoms with E-state index in [1.54, 1.807) is 23.5 Å². The summed E-state index contributed by atoms with van der Waals surface area (Å²) >= 11 is 4.63. The summed E-state index contributed by atoms with van der Waals surface area (Å²) in [4.78, 5) is 25.5. The van der Waals surface area contributed by atoms with E-state index in [2.05, 4.69) is 15.9 Å². The lowest BCUT2D eigenvalue weighted by molar-refractivity contribution is 0.0442. The molecule has 2 aromatic rings. The molecule has 19 heavy (non-hydrogen) atoms. The van der Waals surface area contributed by atoms with E-state index in [0.717, 1.165) is 9.75 Å². The van der Waals surface area contributed by atoms with Gasteiger partial charge >= 0.3 is 5.97 Å². The van der Waals surface area contributed by atoms with Crippen LogP contribution in [0, 0.1) is 13.8 Å². The van der Waals surface area contributed by atoms with Crippen molar-refractivity contribution in [2.45, 2.75) is 13.8 Å².